The second-order valence-electron chi connectivity index (χ2n) is 7.19. The summed E-state index contributed by atoms with van der Waals surface area (Å²) in [5, 5.41) is 9.87. The number of hydrogen-bond acceptors (Lipinski definition) is 5. The Hall–Kier alpha value is -2.28. The van der Waals surface area contributed by atoms with Gasteiger partial charge in [0, 0.05) is 43.7 Å². The zero-order chi connectivity index (χ0) is 19.4. The fraction of sp³-hybridized carbons (Fsp3) is 0.600. The summed E-state index contributed by atoms with van der Waals surface area (Å²) in [6.07, 6.45) is 3.56. The summed E-state index contributed by atoms with van der Waals surface area (Å²) in [6, 6.07) is 4.40. The van der Waals surface area contributed by atoms with Crippen molar-refractivity contribution in [2.75, 3.05) is 40.4 Å². The summed E-state index contributed by atoms with van der Waals surface area (Å²) in [5.41, 5.74) is 0.607. The Labute approximate surface area is 159 Å². The van der Waals surface area contributed by atoms with E-state index in [9.17, 15) is 14.7 Å². The van der Waals surface area contributed by atoms with Gasteiger partial charge in [0.05, 0.1) is 14.2 Å². The molecular weight excluding hydrogens is 348 g/mol. The van der Waals surface area contributed by atoms with E-state index in [2.05, 4.69) is 0 Å². The molecule has 1 amide bonds. The Morgan fingerprint density at radius 2 is 1.74 bits per heavy atom. The first kappa shape index (κ1) is 19.5. The second kappa shape index (κ2) is 8.61. The van der Waals surface area contributed by atoms with Gasteiger partial charge in [-0.25, -0.2) is 0 Å². The number of amides is 1. The number of rotatable bonds is 6. The van der Waals surface area contributed by atoms with Gasteiger partial charge < -0.3 is 19.5 Å². The maximum absolute atomic E-state index is 12.6. The summed E-state index contributed by atoms with van der Waals surface area (Å²) in [7, 11) is 3.09. The third kappa shape index (κ3) is 4.18. The second-order valence-corrected chi connectivity index (χ2v) is 7.19. The van der Waals surface area contributed by atoms with Gasteiger partial charge in [0.15, 0.2) is 0 Å². The minimum Gasteiger partial charge on any atom is -0.497 e. The average molecular weight is 376 g/mol. The Bertz CT molecular complexity index is 679. The van der Waals surface area contributed by atoms with Crippen LogP contribution in [0.15, 0.2) is 18.2 Å². The summed E-state index contributed by atoms with van der Waals surface area (Å²) < 4.78 is 10.6. The number of carbonyl (C=O) groups is 2. The molecule has 27 heavy (non-hydrogen) atoms. The molecule has 0 spiro atoms. The summed E-state index contributed by atoms with van der Waals surface area (Å²) >= 11 is 0. The molecule has 1 aromatic carbocycles. The van der Waals surface area contributed by atoms with Gasteiger partial charge in [0.2, 0.25) is 5.91 Å². The molecule has 2 heterocycles. The number of likely N-dealkylation sites (tertiary alicyclic amines) is 2. The normalized spacial score (nSPS) is 19.7. The lowest BCUT2D eigenvalue weighted by Gasteiger charge is -2.36. The molecule has 1 aromatic rings. The number of piperidine rings is 1. The highest BCUT2D eigenvalue weighted by molar-refractivity contribution is 5.79. The van der Waals surface area contributed by atoms with Crippen LogP contribution in [0.5, 0.6) is 11.5 Å². The number of ether oxygens (including phenoxy) is 2. The van der Waals surface area contributed by atoms with Crippen molar-refractivity contribution in [1.29, 1.82) is 0 Å². The number of methoxy groups -OCH3 is 2. The van der Waals surface area contributed by atoms with Gasteiger partial charge in [-0.2, -0.15) is 0 Å². The summed E-state index contributed by atoms with van der Waals surface area (Å²) in [5.74, 6) is 0.446. The molecule has 0 bridgehead atoms. The first-order valence-electron chi connectivity index (χ1n) is 9.52. The van der Waals surface area contributed by atoms with E-state index >= 15 is 0 Å². The van der Waals surface area contributed by atoms with Crippen molar-refractivity contribution in [3.8, 4) is 11.5 Å². The standard InChI is InChI=1S/C20H28N2O5/c1-26-15-5-6-16(17(13-15)27-2)18(20(24)25)21-11-7-14(8-12-21)19(23)22-9-3-4-10-22/h5-6,13-14,18H,3-4,7-12H2,1-2H3,(H,24,25). The molecule has 2 saturated heterocycles. The van der Waals surface area contributed by atoms with Crippen LogP contribution in [0.2, 0.25) is 0 Å². The molecule has 0 aliphatic carbocycles. The molecule has 7 heteroatoms. The maximum atomic E-state index is 12.6. The number of carboxylic acids is 1. The number of hydrogen-bond donors (Lipinski definition) is 1. The number of benzene rings is 1. The van der Waals surface area contributed by atoms with Crippen molar-refractivity contribution >= 4 is 11.9 Å². The lowest BCUT2D eigenvalue weighted by Crippen LogP contribution is -2.44. The van der Waals surface area contributed by atoms with Crippen molar-refractivity contribution in [2.45, 2.75) is 31.7 Å². The summed E-state index contributed by atoms with van der Waals surface area (Å²) in [4.78, 5) is 28.5. The van der Waals surface area contributed by atoms with Crippen molar-refractivity contribution < 1.29 is 24.2 Å². The highest BCUT2D eigenvalue weighted by Crippen LogP contribution is 2.35. The fourth-order valence-electron chi connectivity index (χ4n) is 4.13. The van der Waals surface area contributed by atoms with E-state index in [0.717, 1.165) is 25.9 Å². The quantitative estimate of drug-likeness (QED) is 0.820. The van der Waals surface area contributed by atoms with Crippen LogP contribution in [0.25, 0.3) is 0 Å². The van der Waals surface area contributed by atoms with Gasteiger partial charge in [-0.15, -0.1) is 0 Å². The topological polar surface area (TPSA) is 79.3 Å². The van der Waals surface area contributed by atoms with Gasteiger partial charge in [0.1, 0.15) is 17.5 Å². The Morgan fingerprint density at radius 1 is 1.07 bits per heavy atom. The Balaban J connectivity index is 1.72. The Kier molecular flexibility index (Phi) is 6.21. The predicted octanol–water partition coefficient (Wildman–Crippen LogP) is 2.16. The number of carbonyl (C=O) groups excluding carboxylic acids is 1. The molecule has 148 valence electrons. The van der Waals surface area contributed by atoms with E-state index in [1.807, 2.05) is 9.80 Å². The first-order valence-corrected chi connectivity index (χ1v) is 9.52. The lowest BCUT2D eigenvalue weighted by molar-refractivity contribution is -0.145. The minimum absolute atomic E-state index is 0.00607. The van der Waals surface area contributed by atoms with E-state index < -0.39 is 12.0 Å². The zero-order valence-electron chi connectivity index (χ0n) is 16.0. The minimum atomic E-state index is -0.914. The van der Waals surface area contributed by atoms with Gasteiger partial charge in [0.25, 0.3) is 0 Å². The lowest BCUT2D eigenvalue weighted by atomic mass is 9.92. The molecule has 2 fully saturated rings. The molecule has 0 radical (unpaired) electrons. The molecule has 0 aromatic heterocycles. The third-order valence-electron chi connectivity index (χ3n) is 5.63. The van der Waals surface area contributed by atoms with Crippen LogP contribution in [0.1, 0.15) is 37.3 Å². The number of aliphatic carboxylic acids is 1. The SMILES string of the molecule is COc1ccc(C(C(=O)O)N2CCC(C(=O)N3CCCC3)CC2)c(OC)c1. The molecule has 0 saturated carbocycles. The van der Waals surface area contributed by atoms with Gasteiger partial charge in [-0.05, 0) is 37.8 Å². The molecule has 1 atom stereocenters. The molecule has 1 unspecified atom stereocenters. The molecule has 1 N–H and O–H groups in total. The molecule has 7 nitrogen and oxygen atoms in total. The van der Waals surface area contributed by atoms with E-state index in [4.69, 9.17) is 9.47 Å². The van der Waals surface area contributed by atoms with Crippen LogP contribution in [-0.2, 0) is 9.59 Å². The molecular formula is C20H28N2O5. The van der Waals surface area contributed by atoms with Crippen LogP contribution in [0.3, 0.4) is 0 Å². The highest BCUT2D eigenvalue weighted by atomic mass is 16.5. The highest BCUT2D eigenvalue weighted by Gasteiger charge is 2.36. The van der Waals surface area contributed by atoms with Gasteiger partial charge in [-0.1, -0.05) is 0 Å². The Morgan fingerprint density at radius 3 is 2.30 bits per heavy atom. The van der Waals surface area contributed by atoms with Crippen LogP contribution in [0.4, 0.5) is 0 Å². The number of nitrogens with zero attached hydrogens (tertiary/aromatic N) is 2. The van der Waals surface area contributed by atoms with E-state index in [1.54, 1.807) is 25.3 Å². The maximum Gasteiger partial charge on any atom is 0.325 e. The molecule has 2 aliphatic heterocycles. The van der Waals surface area contributed by atoms with Gasteiger partial charge in [-0.3, -0.25) is 14.5 Å². The van der Waals surface area contributed by atoms with Crippen molar-refractivity contribution in [3.63, 3.8) is 0 Å². The monoisotopic (exact) mass is 376 g/mol. The van der Waals surface area contributed by atoms with Crippen LogP contribution < -0.4 is 9.47 Å². The zero-order valence-corrected chi connectivity index (χ0v) is 16.0. The van der Waals surface area contributed by atoms with E-state index in [0.29, 0.717) is 43.0 Å². The average Bonchev–Trinajstić information content (AvgIpc) is 3.23. The fourth-order valence-corrected chi connectivity index (χ4v) is 4.13. The largest absolute Gasteiger partial charge is 0.497 e. The van der Waals surface area contributed by atoms with E-state index in [-0.39, 0.29) is 11.8 Å². The van der Waals surface area contributed by atoms with Crippen LogP contribution in [-0.4, -0.2) is 67.2 Å². The summed E-state index contributed by atoms with van der Waals surface area (Å²) in [6.45, 7) is 2.88. The van der Waals surface area contributed by atoms with Crippen molar-refractivity contribution in [2.24, 2.45) is 5.92 Å². The van der Waals surface area contributed by atoms with E-state index in [1.165, 1.54) is 7.11 Å². The first-order chi connectivity index (χ1) is 13.0. The van der Waals surface area contributed by atoms with Crippen molar-refractivity contribution in [1.82, 2.24) is 9.80 Å². The molecule has 2 aliphatic rings. The van der Waals surface area contributed by atoms with Gasteiger partial charge >= 0.3 is 5.97 Å². The van der Waals surface area contributed by atoms with Crippen LogP contribution in [0, 0.1) is 5.92 Å². The number of carboxylic acid groups (broad SMARTS) is 1. The van der Waals surface area contributed by atoms with Crippen LogP contribution >= 0.6 is 0 Å². The van der Waals surface area contributed by atoms with Crippen molar-refractivity contribution in [3.05, 3.63) is 23.8 Å². The predicted molar refractivity (Wildman–Crippen MR) is 100 cm³/mol. The molecule has 3 rings (SSSR count). The smallest absolute Gasteiger partial charge is 0.325 e. The third-order valence-corrected chi connectivity index (χ3v) is 5.63.